The van der Waals surface area contributed by atoms with Gasteiger partial charge < -0.3 is 11.1 Å². The van der Waals surface area contributed by atoms with E-state index >= 15 is 0 Å². The number of H-pyrrole nitrogens is 1. The van der Waals surface area contributed by atoms with Crippen molar-refractivity contribution < 1.29 is 9.59 Å². The van der Waals surface area contributed by atoms with E-state index in [1.807, 2.05) is 12.1 Å². The van der Waals surface area contributed by atoms with Gasteiger partial charge in [-0.2, -0.15) is 0 Å². The highest BCUT2D eigenvalue weighted by molar-refractivity contribution is 8.00. The van der Waals surface area contributed by atoms with Crippen molar-refractivity contribution in [3.63, 3.8) is 0 Å². The van der Waals surface area contributed by atoms with Gasteiger partial charge in [0, 0.05) is 10.6 Å². The Kier molecular flexibility index (Phi) is 5.60. The van der Waals surface area contributed by atoms with Crippen LogP contribution in [0.25, 0.3) is 11.4 Å². The average Bonchev–Trinajstić information content (AvgIpc) is 3.25. The Morgan fingerprint density at radius 3 is 2.73 bits per heavy atom. The third-order valence-electron chi connectivity index (χ3n) is 3.40. The van der Waals surface area contributed by atoms with E-state index in [9.17, 15) is 9.59 Å². The first kappa shape index (κ1) is 18.4. The number of aromatic amines is 1. The molecule has 0 aliphatic rings. The van der Waals surface area contributed by atoms with Gasteiger partial charge >= 0.3 is 0 Å². The van der Waals surface area contributed by atoms with E-state index in [1.54, 1.807) is 30.5 Å². The predicted octanol–water partition coefficient (Wildman–Crippen LogP) is 3.40. The van der Waals surface area contributed by atoms with Gasteiger partial charge in [0.05, 0.1) is 10.8 Å². The summed E-state index contributed by atoms with van der Waals surface area (Å²) in [6.45, 7) is 1.73. The largest absolute Gasteiger partial charge is 0.366 e. The van der Waals surface area contributed by atoms with Crippen molar-refractivity contribution in [2.24, 2.45) is 5.73 Å². The smallest absolute Gasteiger partial charge is 0.251 e. The van der Waals surface area contributed by atoms with Crippen LogP contribution in [0, 0.1) is 0 Å². The molecule has 3 rings (SSSR count). The second kappa shape index (κ2) is 7.90. The highest BCUT2D eigenvalue weighted by Gasteiger charge is 2.20. The van der Waals surface area contributed by atoms with Crippen LogP contribution in [0.15, 0.2) is 40.9 Å². The molecule has 2 amide bonds. The number of halogens is 1. The van der Waals surface area contributed by atoms with Crippen LogP contribution in [0.4, 0.5) is 5.00 Å². The molecular weight excluding hydrogens is 394 g/mol. The first-order chi connectivity index (χ1) is 12.4. The first-order valence-electron chi connectivity index (χ1n) is 7.47. The SMILES string of the molecule is CC(Sc1n[nH]c(-c2ccc(Cl)cc2)n1)C(=O)Nc1sccc1C(N)=O. The number of thioether (sulfide) groups is 1. The van der Waals surface area contributed by atoms with E-state index in [1.165, 1.54) is 23.1 Å². The molecule has 0 fully saturated rings. The minimum atomic E-state index is -0.580. The quantitative estimate of drug-likeness (QED) is 0.542. The summed E-state index contributed by atoms with van der Waals surface area (Å²) in [5.74, 6) is -0.257. The fraction of sp³-hybridized carbons (Fsp3) is 0.125. The van der Waals surface area contributed by atoms with Gasteiger partial charge in [0.2, 0.25) is 11.1 Å². The Labute approximate surface area is 162 Å². The number of amides is 2. The lowest BCUT2D eigenvalue weighted by molar-refractivity contribution is -0.115. The fourth-order valence-electron chi connectivity index (χ4n) is 2.06. The van der Waals surface area contributed by atoms with Gasteiger partial charge in [0.25, 0.3) is 5.91 Å². The number of hydrogen-bond donors (Lipinski definition) is 3. The molecule has 1 aromatic carbocycles. The van der Waals surface area contributed by atoms with Crippen molar-refractivity contribution in [2.45, 2.75) is 17.3 Å². The monoisotopic (exact) mass is 407 g/mol. The molecule has 0 saturated carbocycles. The lowest BCUT2D eigenvalue weighted by Crippen LogP contribution is -2.23. The highest BCUT2D eigenvalue weighted by atomic mass is 35.5. The Morgan fingerprint density at radius 2 is 2.04 bits per heavy atom. The number of carbonyl (C=O) groups excluding carboxylic acids is 2. The first-order valence-corrected chi connectivity index (χ1v) is 9.61. The molecule has 1 unspecified atom stereocenters. The van der Waals surface area contributed by atoms with E-state index in [-0.39, 0.29) is 5.91 Å². The number of anilines is 1. The summed E-state index contributed by atoms with van der Waals surface area (Å²) in [5.41, 5.74) is 6.42. The van der Waals surface area contributed by atoms with Crippen molar-refractivity contribution in [1.82, 2.24) is 15.2 Å². The fourth-order valence-corrected chi connectivity index (χ4v) is 3.71. The summed E-state index contributed by atoms with van der Waals surface area (Å²) >= 11 is 8.32. The summed E-state index contributed by atoms with van der Waals surface area (Å²) in [7, 11) is 0. The minimum Gasteiger partial charge on any atom is -0.366 e. The predicted molar refractivity (Wildman–Crippen MR) is 104 cm³/mol. The summed E-state index contributed by atoms with van der Waals surface area (Å²) in [6, 6.07) is 8.76. The lowest BCUT2D eigenvalue weighted by Gasteiger charge is -2.09. The number of primary amides is 1. The molecule has 0 spiro atoms. The Balaban J connectivity index is 1.65. The Hall–Kier alpha value is -2.36. The Bertz CT molecular complexity index is 938. The van der Waals surface area contributed by atoms with E-state index in [0.717, 1.165) is 5.56 Å². The van der Waals surface area contributed by atoms with Crippen molar-refractivity contribution in [3.05, 3.63) is 46.3 Å². The second-order valence-electron chi connectivity index (χ2n) is 5.25. The molecule has 0 bridgehead atoms. The van der Waals surface area contributed by atoms with Crippen molar-refractivity contribution >= 4 is 51.5 Å². The summed E-state index contributed by atoms with van der Waals surface area (Å²) in [6.07, 6.45) is 0. The van der Waals surface area contributed by atoms with Crippen LogP contribution in [-0.2, 0) is 4.79 Å². The van der Waals surface area contributed by atoms with Crippen LogP contribution in [0.3, 0.4) is 0 Å². The number of thiophene rings is 1. The third kappa shape index (κ3) is 4.24. The molecule has 1 atom stereocenters. The van der Waals surface area contributed by atoms with E-state index in [0.29, 0.717) is 26.6 Å². The maximum Gasteiger partial charge on any atom is 0.251 e. The van der Waals surface area contributed by atoms with Gasteiger partial charge in [-0.1, -0.05) is 23.4 Å². The van der Waals surface area contributed by atoms with Gasteiger partial charge in [-0.3, -0.25) is 14.7 Å². The van der Waals surface area contributed by atoms with Crippen LogP contribution in [0.1, 0.15) is 17.3 Å². The van der Waals surface area contributed by atoms with Crippen molar-refractivity contribution in [1.29, 1.82) is 0 Å². The molecular formula is C16H14ClN5O2S2. The zero-order valence-electron chi connectivity index (χ0n) is 13.5. The molecule has 0 radical (unpaired) electrons. The molecule has 0 aliphatic heterocycles. The molecule has 0 saturated heterocycles. The molecule has 7 nitrogen and oxygen atoms in total. The number of aromatic nitrogens is 3. The molecule has 2 heterocycles. The zero-order valence-corrected chi connectivity index (χ0v) is 15.9. The number of nitrogens with one attached hydrogen (secondary N) is 2. The van der Waals surface area contributed by atoms with Crippen LogP contribution in [0.2, 0.25) is 5.02 Å². The Morgan fingerprint density at radius 1 is 1.31 bits per heavy atom. The molecule has 10 heteroatoms. The number of nitrogens with two attached hydrogens (primary N) is 1. The highest BCUT2D eigenvalue weighted by Crippen LogP contribution is 2.27. The molecule has 26 heavy (non-hydrogen) atoms. The number of rotatable bonds is 6. The van der Waals surface area contributed by atoms with Gasteiger partial charge in [-0.15, -0.1) is 16.4 Å². The van der Waals surface area contributed by atoms with E-state index < -0.39 is 11.2 Å². The van der Waals surface area contributed by atoms with Gasteiger partial charge in [-0.05, 0) is 42.6 Å². The molecule has 2 aromatic heterocycles. The number of nitrogens with zero attached hydrogens (tertiary/aromatic N) is 2. The molecule has 4 N–H and O–H groups in total. The molecule has 134 valence electrons. The van der Waals surface area contributed by atoms with Gasteiger partial charge in [0.1, 0.15) is 5.00 Å². The van der Waals surface area contributed by atoms with Crippen molar-refractivity contribution in [3.8, 4) is 11.4 Å². The van der Waals surface area contributed by atoms with E-state index in [2.05, 4.69) is 20.5 Å². The second-order valence-corrected chi connectivity index (χ2v) is 7.91. The standard InChI is InChI=1S/C16H14ClN5O2S2/c1-8(14(24)20-15-11(12(18)23)6-7-25-15)26-16-19-13(21-22-16)9-2-4-10(17)5-3-9/h2-8H,1H3,(H2,18,23)(H,20,24)(H,19,21,22). The summed E-state index contributed by atoms with van der Waals surface area (Å²) in [4.78, 5) is 28.0. The summed E-state index contributed by atoms with van der Waals surface area (Å²) in [5, 5.41) is 12.4. The van der Waals surface area contributed by atoms with Crippen LogP contribution >= 0.6 is 34.7 Å². The number of benzene rings is 1. The van der Waals surface area contributed by atoms with Gasteiger partial charge in [-0.25, -0.2) is 4.98 Å². The van der Waals surface area contributed by atoms with Crippen molar-refractivity contribution in [2.75, 3.05) is 5.32 Å². The van der Waals surface area contributed by atoms with Crippen LogP contribution < -0.4 is 11.1 Å². The molecule has 0 aliphatic carbocycles. The maximum absolute atomic E-state index is 12.3. The number of hydrogen-bond acceptors (Lipinski definition) is 6. The summed E-state index contributed by atoms with van der Waals surface area (Å²) < 4.78 is 0. The zero-order chi connectivity index (χ0) is 18.7. The minimum absolute atomic E-state index is 0.266. The average molecular weight is 408 g/mol. The normalized spacial score (nSPS) is 11.9. The maximum atomic E-state index is 12.3. The van der Waals surface area contributed by atoms with Crippen LogP contribution in [0.5, 0.6) is 0 Å². The molecule has 3 aromatic rings. The van der Waals surface area contributed by atoms with Gasteiger partial charge in [0.15, 0.2) is 5.82 Å². The van der Waals surface area contributed by atoms with E-state index in [4.69, 9.17) is 17.3 Å². The number of carbonyl (C=O) groups is 2. The van der Waals surface area contributed by atoms with Crippen LogP contribution in [-0.4, -0.2) is 32.2 Å². The topological polar surface area (TPSA) is 114 Å². The lowest BCUT2D eigenvalue weighted by atomic mass is 10.2. The third-order valence-corrected chi connectivity index (χ3v) is 5.44.